The molecule has 3 aliphatic heterocycles. The third-order valence-electron chi connectivity index (χ3n) is 11.6. The number of hydrogen-bond donors (Lipinski definition) is 4. The number of fused-ring (bicyclic) bond motifs is 2. The fourth-order valence-electron chi connectivity index (χ4n) is 9.77. The third-order valence-corrected chi connectivity index (χ3v) is 11.6. The molecule has 8 rings (SSSR count). The first-order valence-electron chi connectivity index (χ1n) is 14.7. The lowest BCUT2D eigenvalue weighted by atomic mass is 9.58. The largest absolute Gasteiger partial charge is 0.392 e. The number of aliphatic hydroxyl groups excluding tert-OH is 4. The summed E-state index contributed by atoms with van der Waals surface area (Å²) in [5.41, 5.74) is 2.14. The molecule has 4 fully saturated rings. The molecule has 2 saturated heterocycles. The Morgan fingerprint density at radius 3 is 2.59 bits per heavy atom. The van der Waals surface area contributed by atoms with E-state index in [1.165, 1.54) is 11.1 Å². The van der Waals surface area contributed by atoms with E-state index in [4.69, 9.17) is 4.74 Å². The highest BCUT2D eigenvalue weighted by atomic mass is 16.5. The van der Waals surface area contributed by atoms with E-state index in [1.807, 2.05) is 18.5 Å². The molecule has 7 nitrogen and oxygen atoms in total. The minimum Gasteiger partial charge on any atom is -0.392 e. The summed E-state index contributed by atoms with van der Waals surface area (Å²) in [5.74, 6) is 0.121. The second-order valence-corrected chi connectivity index (χ2v) is 13.4. The van der Waals surface area contributed by atoms with Gasteiger partial charge >= 0.3 is 0 Å². The van der Waals surface area contributed by atoms with Crippen molar-refractivity contribution in [3.8, 4) is 0 Å². The van der Waals surface area contributed by atoms with Crippen molar-refractivity contribution in [3.63, 3.8) is 0 Å². The van der Waals surface area contributed by atoms with Crippen LogP contribution in [-0.4, -0.2) is 85.1 Å². The van der Waals surface area contributed by atoms with Gasteiger partial charge in [-0.05, 0) is 78.2 Å². The van der Waals surface area contributed by atoms with Gasteiger partial charge in [0.05, 0.1) is 23.9 Å². The van der Waals surface area contributed by atoms with Gasteiger partial charge in [-0.15, -0.1) is 0 Å². The smallest absolute Gasteiger partial charge is 0.118 e. The molecule has 6 aliphatic rings. The second kappa shape index (κ2) is 8.21. The van der Waals surface area contributed by atoms with Crippen LogP contribution < -0.4 is 0 Å². The molecule has 3 aliphatic carbocycles. The van der Waals surface area contributed by atoms with Crippen molar-refractivity contribution in [2.75, 3.05) is 13.1 Å². The zero-order chi connectivity index (χ0) is 26.7. The molecule has 2 unspecified atom stereocenters. The minimum atomic E-state index is -0.773. The number of allylic oxidation sites excluding steroid dienone is 1. The van der Waals surface area contributed by atoms with Crippen LogP contribution in [0.15, 0.2) is 60.0 Å². The normalized spacial score (nSPS) is 46.9. The Hall–Kier alpha value is -2.13. The van der Waals surface area contributed by atoms with Gasteiger partial charge in [-0.2, -0.15) is 0 Å². The Morgan fingerprint density at radius 2 is 1.77 bits per heavy atom. The Morgan fingerprint density at radius 1 is 0.974 bits per heavy atom. The number of aliphatic hydroxyl groups is 4. The summed E-state index contributed by atoms with van der Waals surface area (Å²) in [4.78, 5) is 6.37. The molecule has 0 amide bonds. The Balaban J connectivity index is 1.16. The van der Waals surface area contributed by atoms with Gasteiger partial charge in [0.1, 0.15) is 11.7 Å². The summed E-state index contributed by atoms with van der Waals surface area (Å²) in [6, 6.07) is 8.38. The van der Waals surface area contributed by atoms with Crippen molar-refractivity contribution in [1.29, 1.82) is 0 Å². The minimum absolute atomic E-state index is 0.0126. The zero-order valence-corrected chi connectivity index (χ0v) is 22.4. The number of benzene rings is 1. The molecule has 39 heavy (non-hydrogen) atoms. The maximum Gasteiger partial charge on any atom is 0.118 e. The van der Waals surface area contributed by atoms with Crippen molar-refractivity contribution < 1.29 is 25.2 Å². The molecule has 10 atom stereocenters. The number of β-amino-alcohol motifs (C(OH)–C–C–N with tert-alkyl or cyclic N) is 2. The van der Waals surface area contributed by atoms with Gasteiger partial charge < -0.3 is 25.2 Å². The number of ether oxygens (including phenoxy) is 1. The van der Waals surface area contributed by atoms with Crippen molar-refractivity contribution in [2.45, 2.75) is 93.0 Å². The molecule has 4 N–H and O–H groups in total. The van der Waals surface area contributed by atoms with E-state index in [2.05, 4.69) is 47.2 Å². The van der Waals surface area contributed by atoms with E-state index in [0.717, 1.165) is 48.4 Å². The van der Waals surface area contributed by atoms with Gasteiger partial charge in [-0.25, -0.2) is 0 Å². The molecule has 206 valence electrons. The van der Waals surface area contributed by atoms with Gasteiger partial charge in [0.15, 0.2) is 0 Å². The molecular weight excluding hydrogens is 492 g/mol. The lowest BCUT2D eigenvalue weighted by Gasteiger charge is -2.56. The average molecular weight is 531 g/mol. The fourth-order valence-corrected chi connectivity index (χ4v) is 9.77. The SMILES string of the molecule is C[C@]12CC=C3C=C4CC[C@@H](N5C[C@H](O)[C@@H](O)C5)[C@H](O)[C@]45CCC3(O5)[C@@H]1C[C@@H](O)C2c1ccc2ccncc2c1. The van der Waals surface area contributed by atoms with Crippen LogP contribution in [0.3, 0.4) is 0 Å². The highest BCUT2D eigenvalue weighted by Crippen LogP contribution is 2.69. The first-order valence-corrected chi connectivity index (χ1v) is 14.7. The fraction of sp³-hybridized carbons (Fsp3) is 0.594. The first-order chi connectivity index (χ1) is 18.7. The molecule has 0 radical (unpaired) electrons. The molecule has 1 aromatic carbocycles. The van der Waals surface area contributed by atoms with Gasteiger partial charge in [0, 0.05) is 48.7 Å². The van der Waals surface area contributed by atoms with E-state index in [0.29, 0.717) is 19.5 Å². The lowest BCUT2D eigenvalue weighted by Crippen LogP contribution is -2.62. The van der Waals surface area contributed by atoms with Gasteiger partial charge in [0.2, 0.25) is 0 Å². The van der Waals surface area contributed by atoms with Crippen LogP contribution in [0.5, 0.6) is 0 Å². The van der Waals surface area contributed by atoms with E-state index in [1.54, 1.807) is 0 Å². The molecule has 2 spiro atoms. The Kier molecular flexibility index (Phi) is 5.19. The van der Waals surface area contributed by atoms with Gasteiger partial charge in [-0.1, -0.05) is 31.2 Å². The van der Waals surface area contributed by atoms with E-state index >= 15 is 0 Å². The highest BCUT2D eigenvalue weighted by molar-refractivity contribution is 5.82. The Bertz CT molecular complexity index is 1400. The maximum atomic E-state index is 11.9. The number of pyridine rings is 1. The summed E-state index contributed by atoms with van der Waals surface area (Å²) in [6.45, 7) is 3.09. The molecular formula is C32H38N2O5. The van der Waals surface area contributed by atoms with Gasteiger partial charge in [-0.3, -0.25) is 9.88 Å². The summed E-state index contributed by atoms with van der Waals surface area (Å²) < 4.78 is 7.26. The van der Waals surface area contributed by atoms with E-state index in [9.17, 15) is 20.4 Å². The zero-order valence-electron chi connectivity index (χ0n) is 22.4. The van der Waals surface area contributed by atoms with Crippen molar-refractivity contribution in [1.82, 2.24) is 9.88 Å². The van der Waals surface area contributed by atoms with Gasteiger partial charge in [0.25, 0.3) is 0 Å². The summed E-state index contributed by atoms with van der Waals surface area (Å²) >= 11 is 0. The predicted octanol–water partition coefficient (Wildman–Crippen LogP) is 2.82. The average Bonchev–Trinajstić information content (AvgIpc) is 3.54. The number of likely N-dealkylation sites (tertiary alicyclic amines) is 1. The topological polar surface area (TPSA) is 106 Å². The number of aromatic nitrogens is 1. The quantitative estimate of drug-likeness (QED) is 0.473. The number of nitrogens with zero attached hydrogens (tertiary/aromatic N) is 2. The number of rotatable bonds is 2. The van der Waals surface area contributed by atoms with Crippen LogP contribution in [0.4, 0.5) is 0 Å². The van der Waals surface area contributed by atoms with Crippen LogP contribution in [0.1, 0.15) is 56.9 Å². The van der Waals surface area contributed by atoms with Crippen LogP contribution >= 0.6 is 0 Å². The maximum absolute atomic E-state index is 11.9. The molecule has 7 heteroatoms. The molecule has 1 aromatic heterocycles. The summed E-state index contributed by atoms with van der Waals surface area (Å²) in [6.07, 6.45) is 10.4. The van der Waals surface area contributed by atoms with Crippen LogP contribution in [0.2, 0.25) is 0 Å². The first kappa shape index (κ1) is 24.6. The van der Waals surface area contributed by atoms with Crippen molar-refractivity contribution in [3.05, 3.63) is 65.5 Å². The van der Waals surface area contributed by atoms with Crippen LogP contribution in [0.25, 0.3) is 10.8 Å². The second-order valence-electron chi connectivity index (χ2n) is 13.4. The molecule has 2 bridgehead atoms. The van der Waals surface area contributed by atoms with E-state index in [-0.39, 0.29) is 23.3 Å². The highest BCUT2D eigenvalue weighted by Gasteiger charge is 2.70. The van der Waals surface area contributed by atoms with Crippen molar-refractivity contribution >= 4 is 10.8 Å². The Labute approximate surface area is 228 Å². The molecule has 4 heterocycles. The number of hydrogen-bond acceptors (Lipinski definition) is 7. The summed E-state index contributed by atoms with van der Waals surface area (Å²) in [7, 11) is 0. The third kappa shape index (κ3) is 3.17. The standard InChI is InChI=1S/C32H38N2O5/c1-30-8-6-22-13-21-4-5-23(34-16-25(36)26(37)17-34)29(38)32(21)10-9-31(22,39-32)27(30)14-24(35)28(30)19-3-2-18-7-11-33-15-20(18)12-19/h2-3,6-7,11-13,15,23-29,35-38H,4-5,8-10,14,16-17H2,1H3/t23-,24-,25+,26+,27-,28?,29+,30+,31?,32+/m1/s1. The lowest BCUT2D eigenvalue weighted by molar-refractivity contribution is -0.185. The van der Waals surface area contributed by atoms with Crippen LogP contribution in [0, 0.1) is 11.3 Å². The monoisotopic (exact) mass is 530 g/mol. The molecule has 2 saturated carbocycles. The predicted molar refractivity (Wildman–Crippen MR) is 146 cm³/mol. The van der Waals surface area contributed by atoms with Crippen molar-refractivity contribution in [2.24, 2.45) is 11.3 Å². The van der Waals surface area contributed by atoms with E-state index < -0.39 is 35.6 Å². The van der Waals surface area contributed by atoms with Crippen LogP contribution in [-0.2, 0) is 4.74 Å². The molecule has 2 aromatic rings. The summed E-state index contributed by atoms with van der Waals surface area (Å²) in [5, 5.41) is 46.1.